The molecule has 3 aromatic rings. The Labute approximate surface area is 145 Å². The number of hydrogen-bond acceptors (Lipinski definition) is 5. The number of benzene rings is 1. The minimum atomic E-state index is -0.336. The zero-order valence-corrected chi connectivity index (χ0v) is 14.2. The molecule has 0 spiro atoms. The summed E-state index contributed by atoms with van der Waals surface area (Å²) in [6, 6.07) is 11.3. The van der Waals surface area contributed by atoms with Crippen molar-refractivity contribution in [3.05, 3.63) is 59.9 Å². The number of nitrogens with one attached hydrogen (secondary N) is 2. The first-order valence-corrected chi connectivity index (χ1v) is 8.09. The van der Waals surface area contributed by atoms with Crippen LogP contribution in [0.3, 0.4) is 0 Å². The summed E-state index contributed by atoms with van der Waals surface area (Å²) in [6.07, 6.45) is 1.56. The number of carbonyl (C=O) groups excluding carboxylic acids is 1. The van der Waals surface area contributed by atoms with Crippen molar-refractivity contribution in [2.24, 2.45) is 0 Å². The van der Waals surface area contributed by atoms with Crippen LogP contribution in [0.2, 0.25) is 0 Å². The third-order valence-electron chi connectivity index (χ3n) is 3.71. The maximum absolute atomic E-state index is 11.7. The highest BCUT2D eigenvalue weighted by Gasteiger charge is 2.10. The summed E-state index contributed by atoms with van der Waals surface area (Å²) in [4.78, 5) is 16.0. The number of amides is 2. The third kappa shape index (κ3) is 4.47. The SMILES string of the molecule is CC(C)c1ccc(-c2noc(CNC(=O)NCc3ccco3)n2)cc1. The predicted molar refractivity (Wildman–Crippen MR) is 91.6 cm³/mol. The average molecular weight is 340 g/mol. The molecule has 130 valence electrons. The molecule has 0 aliphatic carbocycles. The van der Waals surface area contributed by atoms with Gasteiger partial charge < -0.3 is 19.6 Å². The van der Waals surface area contributed by atoms with Crippen LogP contribution in [0.1, 0.15) is 37.0 Å². The molecule has 2 heterocycles. The van der Waals surface area contributed by atoms with Crippen LogP contribution in [0.15, 0.2) is 51.6 Å². The van der Waals surface area contributed by atoms with Gasteiger partial charge in [0.05, 0.1) is 19.4 Å². The molecule has 1 aromatic carbocycles. The Kier molecular flexibility index (Phi) is 5.13. The lowest BCUT2D eigenvalue weighted by molar-refractivity contribution is 0.237. The Morgan fingerprint density at radius 3 is 2.56 bits per heavy atom. The fraction of sp³-hybridized carbons (Fsp3) is 0.278. The van der Waals surface area contributed by atoms with E-state index in [1.807, 2.05) is 12.1 Å². The van der Waals surface area contributed by atoms with Gasteiger partial charge in [0.15, 0.2) is 0 Å². The molecule has 25 heavy (non-hydrogen) atoms. The molecule has 7 heteroatoms. The van der Waals surface area contributed by atoms with Gasteiger partial charge in [0.2, 0.25) is 11.7 Å². The molecule has 0 unspecified atom stereocenters. The molecule has 3 rings (SSSR count). The Morgan fingerprint density at radius 1 is 1.12 bits per heavy atom. The van der Waals surface area contributed by atoms with Crippen molar-refractivity contribution in [1.82, 2.24) is 20.8 Å². The molecule has 2 aromatic heterocycles. The predicted octanol–water partition coefficient (Wildman–Crippen LogP) is 3.45. The minimum absolute atomic E-state index is 0.154. The first-order chi connectivity index (χ1) is 12.1. The summed E-state index contributed by atoms with van der Waals surface area (Å²) >= 11 is 0. The second-order valence-electron chi connectivity index (χ2n) is 5.90. The van der Waals surface area contributed by atoms with Gasteiger partial charge in [0.25, 0.3) is 0 Å². The summed E-state index contributed by atoms with van der Waals surface area (Å²) in [7, 11) is 0. The highest BCUT2D eigenvalue weighted by Crippen LogP contribution is 2.20. The van der Waals surface area contributed by atoms with Gasteiger partial charge in [0, 0.05) is 5.56 Å². The Balaban J connectivity index is 1.52. The molecule has 7 nitrogen and oxygen atoms in total. The van der Waals surface area contributed by atoms with Crippen LogP contribution >= 0.6 is 0 Å². The van der Waals surface area contributed by atoms with E-state index in [0.29, 0.717) is 29.9 Å². The summed E-state index contributed by atoms with van der Waals surface area (Å²) in [6.45, 7) is 4.76. The minimum Gasteiger partial charge on any atom is -0.467 e. The highest BCUT2D eigenvalue weighted by atomic mass is 16.5. The van der Waals surface area contributed by atoms with Gasteiger partial charge in [-0.05, 0) is 23.6 Å². The van der Waals surface area contributed by atoms with E-state index < -0.39 is 0 Å². The van der Waals surface area contributed by atoms with Crippen molar-refractivity contribution in [2.45, 2.75) is 32.9 Å². The Hall–Kier alpha value is -3.09. The molecule has 0 radical (unpaired) electrons. The first-order valence-electron chi connectivity index (χ1n) is 8.09. The number of nitrogens with zero attached hydrogens (tertiary/aromatic N) is 2. The quantitative estimate of drug-likeness (QED) is 0.717. The number of aromatic nitrogens is 2. The average Bonchev–Trinajstić information content (AvgIpc) is 3.30. The van der Waals surface area contributed by atoms with Crippen molar-refractivity contribution in [2.75, 3.05) is 0 Å². The monoisotopic (exact) mass is 340 g/mol. The van der Waals surface area contributed by atoms with E-state index in [4.69, 9.17) is 8.94 Å². The second-order valence-corrected chi connectivity index (χ2v) is 5.90. The third-order valence-corrected chi connectivity index (χ3v) is 3.71. The summed E-state index contributed by atoms with van der Waals surface area (Å²) in [5.41, 5.74) is 2.13. The molecule has 2 amide bonds. The lowest BCUT2D eigenvalue weighted by Gasteiger charge is -2.04. The van der Waals surface area contributed by atoms with E-state index in [-0.39, 0.29) is 12.6 Å². The van der Waals surface area contributed by atoms with Crippen LogP contribution in [-0.4, -0.2) is 16.2 Å². The molecular weight excluding hydrogens is 320 g/mol. The van der Waals surface area contributed by atoms with Gasteiger partial charge >= 0.3 is 6.03 Å². The fourth-order valence-corrected chi connectivity index (χ4v) is 2.26. The van der Waals surface area contributed by atoms with Crippen molar-refractivity contribution < 1.29 is 13.7 Å². The summed E-state index contributed by atoms with van der Waals surface area (Å²) in [5.74, 6) is 2.00. The van der Waals surface area contributed by atoms with Gasteiger partial charge in [0.1, 0.15) is 5.76 Å². The molecule has 0 saturated heterocycles. The van der Waals surface area contributed by atoms with E-state index in [1.165, 1.54) is 5.56 Å². The topological polar surface area (TPSA) is 93.2 Å². The summed E-state index contributed by atoms with van der Waals surface area (Å²) < 4.78 is 10.3. The van der Waals surface area contributed by atoms with Crippen LogP contribution in [0, 0.1) is 0 Å². The highest BCUT2D eigenvalue weighted by molar-refractivity contribution is 5.73. The molecule has 0 aliphatic heterocycles. The van der Waals surface area contributed by atoms with Crippen molar-refractivity contribution >= 4 is 6.03 Å². The van der Waals surface area contributed by atoms with Crippen LogP contribution in [0.5, 0.6) is 0 Å². The maximum atomic E-state index is 11.7. The largest absolute Gasteiger partial charge is 0.467 e. The van der Waals surface area contributed by atoms with Crippen LogP contribution in [0.25, 0.3) is 11.4 Å². The van der Waals surface area contributed by atoms with E-state index in [1.54, 1.807) is 18.4 Å². The smallest absolute Gasteiger partial charge is 0.315 e. The standard InChI is InChI=1S/C18H20N4O3/c1-12(2)13-5-7-14(8-6-13)17-21-16(25-22-17)11-20-18(23)19-10-15-4-3-9-24-15/h3-9,12H,10-11H2,1-2H3,(H2,19,20,23). The molecular formula is C18H20N4O3. The van der Waals surface area contributed by atoms with Gasteiger partial charge in [-0.25, -0.2) is 4.79 Å². The molecule has 0 saturated carbocycles. The van der Waals surface area contributed by atoms with Crippen molar-refractivity contribution in [3.8, 4) is 11.4 Å². The lowest BCUT2D eigenvalue weighted by atomic mass is 10.0. The zero-order chi connectivity index (χ0) is 17.6. The first kappa shape index (κ1) is 16.8. The number of furan rings is 1. The van der Waals surface area contributed by atoms with Gasteiger partial charge in [-0.2, -0.15) is 4.98 Å². The number of carbonyl (C=O) groups is 1. The maximum Gasteiger partial charge on any atom is 0.315 e. The molecule has 0 bridgehead atoms. The normalized spacial score (nSPS) is 10.8. The summed E-state index contributed by atoms with van der Waals surface area (Å²) in [5, 5.41) is 9.29. The van der Waals surface area contributed by atoms with E-state index in [9.17, 15) is 4.79 Å². The Bertz CT molecular complexity index is 807. The van der Waals surface area contributed by atoms with E-state index in [0.717, 1.165) is 5.56 Å². The Morgan fingerprint density at radius 2 is 1.88 bits per heavy atom. The molecule has 0 aliphatic rings. The molecule has 2 N–H and O–H groups in total. The van der Waals surface area contributed by atoms with Gasteiger partial charge in [-0.3, -0.25) is 0 Å². The fourth-order valence-electron chi connectivity index (χ4n) is 2.26. The van der Waals surface area contributed by atoms with Gasteiger partial charge in [-0.15, -0.1) is 0 Å². The van der Waals surface area contributed by atoms with Crippen molar-refractivity contribution in [1.29, 1.82) is 0 Å². The van der Waals surface area contributed by atoms with E-state index >= 15 is 0 Å². The van der Waals surface area contributed by atoms with Crippen LogP contribution < -0.4 is 10.6 Å². The molecule has 0 atom stereocenters. The van der Waals surface area contributed by atoms with Crippen molar-refractivity contribution in [3.63, 3.8) is 0 Å². The number of rotatable bonds is 6. The number of hydrogen-bond donors (Lipinski definition) is 2. The zero-order valence-electron chi connectivity index (χ0n) is 14.2. The van der Waals surface area contributed by atoms with Crippen LogP contribution in [-0.2, 0) is 13.1 Å². The van der Waals surface area contributed by atoms with Crippen LogP contribution in [0.4, 0.5) is 4.79 Å². The van der Waals surface area contributed by atoms with Gasteiger partial charge in [-0.1, -0.05) is 43.3 Å². The second kappa shape index (κ2) is 7.65. The van der Waals surface area contributed by atoms with E-state index in [2.05, 4.69) is 46.8 Å². The molecule has 0 fully saturated rings. The number of urea groups is 1. The lowest BCUT2D eigenvalue weighted by Crippen LogP contribution is -2.34.